The number of hydrogen-bond acceptors (Lipinski definition) is 4. The van der Waals surface area contributed by atoms with Crippen molar-refractivity contribution in [2.24, 2.45) is 0 Å². The first-order valence-corrected chi connectivity index (χ1v) is 8.85. The zero-order valence-electron chi connectivity index (χ0n) is 15.2. The quantitative estimate of drug-likeness (QED) is 0.730. The van der Waals surface area contributed by atoms with Gasteiger partial charge in [-0.1, -0.05) is 24.3 Å². The van der Waals surface area contributed by atoms with Crippen LogP contribution in [0.4, 0.5) is 16.2 Å². The molecule has 0 saturated carbocycles. The Bertz CT molecular complexity index is 803. The molecule has 0 radical (unpaired) electrons. The average Bonchev–Trinajstić information content (AvgIpc) is 3.22. The van der Waals surface area contributed by atoms with Crippen molar-refractivity contribution in [1.82, 2.24) is 5.32 Å². The number of rotatable bonds is 6. The van der Waals surface area contributed by atoms with Gasteiger partial charge in [0.15, 0.2) is 0 Å². The fourth-order valence-corrected chi connectivity index (χ4v) is 2.86. The van der Waals surface area contributed by atoms with Crippen LogP contribution < -0.4 is 20.7 Å². The second kappa shape index (κ2) is 9.05. The van der Waals surface area contributed by atoms with Crippen LogP contribution in [0.1, 0.15) is 18.4 Å². The third kappa shape index (κ3) is 5.21. The molecule has 2 aromatic carbocycles. The molecule has 3 amide bonds. The number of nitrogens with one attached hydrogen (secondary N) is 3. The minimum Gasteiger partial charge on any atom is -0.495 e. The fourth-order valence-electron chi connectivity index (χ4n) is 2.86. The first kappa shape index (κ1) is 18.7. The van der Waals surface area contributed by atoms with Gasteiger partial charge in [0.25, 0.3) is 5.91 Å². The van der Waals surface area contributed by atoms with Crippen LogP contribution in [-0.2, 0) is 16.1 Å². The topological polar surface area (TPSA) is 88.7 Å². The van der Waals surface area contributed by atoms with Gasteiger partial charge in [-0.25, -0.2) is 4.79 Å². The van der Waals surface area contributed by atoms with E-state index in [0.717, 1.165) is 18.4 Å². The Morgan fingerprint density at radius 3 is 2.78 bits per heavy atom. The Kier molecular flexibility index (Phi) is 6.27. The summed E-state index contributed by atoms with van der Waals surface area (Å²) < 4.78 is 10.6. The van der Waals surface area contributed by atoms with Gasteiger partial charge in [-0.05, 0) is 42.7 Å². The molecule has 1 fully saturated rings. The number of hydrogen-bond donors (Lipinski definition) is 3. The summed E-state index contributed by atoms with van der Waals surface area (Å²) in [6, 6.07) is 14.2. The van der Waals surface area contributed by atoms with Gasteiger partial charge in [-0.15, -0.1) is 0 Å². The van der Waals surface area contributed by atoms with Gasteiger partial charge in [0.05, 0.1) is 12.8 Å². The zero-order chi connectivity index (χ0) is 19.1. The highest BCUT2D eigenvalue weighted by atomic mass is 16.5. The highest BCUT2D eigenvalue weighted by molar-refractivity contribution is 5.94. The van der Waals surface area contributed by atoms with E-state index in [9.17, 15) is 9.59 Å². The van der Waals surface area contributed by atoms with Crippen LogP contribution >= 0.6 is 0 Å². The largest absolute Gasteiger partial charge is 0.495 e. The number of urea groups is 1. The lowest BCUT2D eigenvalue weighted by atomic mass is 10.2. The van der Waals surface area contributed by atoms with Crippen LogP contribution in [0.25, 0.3) is 0 Å². The van der Waals surface area contributed by atoms with Crippen LogP contribution in [0.3, 0.4) is 0 Å². The Labute approximate surface area is 158 Å². The molecule has 1 saturated heterocycles. The van der Waals surface area contributed by atoms with Crippen LogP contribution in [0.5, 0.6) is 5.75 Å². The Morgan fingerprint density at radius 1 is 1.15 bits per heavy atom. The average molecular weight is 369 g/mol. The SMILES string of the molecule is COc1ccccc1NC(=O)NCc1cccc(NC(=O)C2CCCO2)c1. The zero-order valence-corrected chi connectivity index (χ0v) is 15.2. The van der Waals surface area contributed by atoms with Gasteiger partial charge in [0, 0.05) is 18.8 Å². The number of methoxy groups -OCH3 is 1. The van der Waals surface area contributed by atoms with Crippen molar-refractivity contribution in [3.8, 4) is 5.75 Å². The third-order valence-electron chi connectivity index (χ3n) is 4.22. The maximum atomic E-state index is 12.1. The number of benzene rings is 2. The molecule has 1 atom stereocenters. The van der Waals surface area contributed by atoms with Gasteiger partial charge in [0.2, 0.25) is 0 Å². The second-order valence-electron chi connectivity index (χ2n) is 6.20. The predicted molar refractivity (Wildman–Crippen MR) is 103 cm³/mol. The van der Waals surface area contributed by atoms with E-state index in [2.05, 4.69) is 16.0 Å². The molecule has 0 spiro atoms. The van der Waals surface area contributed by atoms with Crippen molar-refractivity contribution in [2.45, 2.75) is 25.5 Å². The minimum absolute atomic E-state index is 0.133. The van der Waals surface area contributed by atoms with E-state index in [1.165, 1.54) is 0 Å². The third-order valence-corrected chi connectivity index (χ3v) is 4.22. The molecule has 0 bridgehead atoms. The summed E-state index contributed by atoms with van der Waals surface area (Å²) in [5, 5.41) is 8.40. The highest BCUT2D eigenvalue weighted by Crippen LogP contribution is 2.22. The van der Waals surface area contributed by atoms with E-state index in [0.29, 0.717) is 30.3 Å². The standard InChI is InChI=1S/C20H23N3O4/c1-26-17-9-3-2-8-16(17)23-20(25)21-13-14-6-4-7-15(12-14)22-19(24)18-10-5-11-27-18/h2-4,6-9,12,18H,5,10-11,13H2,1H3,(H,22,24)(H2,21,23,25). The minimum atomic E-state index is -0.376. The summed E-state index contributed by atoms with van der Waals surface area (Å²) >= 11 is 0. The molecule has 3 N–H and O–H groups in total. The van der Waals surface area contributed by atoms with Crippen molar-refractivity contribution in [3.63, 3.8) is 0 Å². The summed E-state index contributed by atoms with van der Waals surface area (Å²) in [4.78, 5) is 24.3. The van der Waals surface area contributed by atoms with E-state index in [4.69, 9.17) is 9.47 Å². The fraction of sp³-hybridized carbons (Fsp3) is 0.300. The van der Waals surface area contributed by atoms with Crippen molar-refractivity contribution in [1.29, 1.82) is 0 Å². The molecule has 3 rings (SSSR count). The summed E-state index contributed by atoms with van der Waals surface area (Å²) in [5.41, 5.74) is 2.14. The summed E-state index contributed by atoms with van der Waals surface area (Å²) in [7, 11) is 1.55. The molecule has 7 nitrogen and oxygen atoms in total. The van der Waals surface area contributed by atoms with Crippen LogP contribution in [0.15, 0.2) is 48.5 Å². The molecule has 27 heavy (non-hydrogen) atoms. The Morgan fingerprint density at radius 2 is 2.00 bits per heavy atom. The molecule has 2 aromatic rings. The number of carbonyl (C=O) groups excluding carboxylic acids is 2. The summed E-state index contributed by atoms with van der Waals surface area (Å²) in [6.45, 7) is 0.952. The van der Waals surface area contributed by atoms with Gasteiger partial charge < -0.3 is 25.4 Å². The van der Waals surface area contributed by atoms with E-state index < -0.39 is 0 Å². The van der Waals surface area contributed by atoms with Crippen molar-refractivity contribution in [3.05, 3.63) is 54.1 Å². The predicted octanol–water partition coefficient (Wildman–Crippen LogP) is 3.13. The lowest BCUT2D eigenvalue weighted by Crippen LogP contribution is -2.28. The van der Waals surface area contributed by atoms with E-state index in [1.807, 2.05) is 36.4 Å². The van der Waals surface area contributed by atoms with Crippen LogP contribution in [0, 0.1) is 0 Å². The lowest BCUT2D eigenvalue weighted by Gasteiger charge is -2.13. The first-order chi connectivity index (χ1) is 13.2. The first-order valence-electron chi connectivity index (χ1n) is 8.85. The van der Waals surface area contributed by atoms with Crippen LogP contribution in [-0.4, -0.2) is 31.8 Å². The number of carbonyl (C=O) groups is 2. The molecular formula is C20H23N3O4. The monoisotopic (exact) mass is 369 g/mol. The number of amides is 3. The van der Waals surface area contributed by atoms with Gasteiger partial charge in [-0.3, -0.25) is 4.79 Å². The molecule has 1 aliphatic rings. The van der Waals surface area contributed by atoms with E-state index in [-0.39, 0.29) is 18.0 Å². The van der Waals surface area contributed by atoms with E-state index in [1.54, 1.807) is 19.2 Å². The van der Waals surface area contributed by atoms with E-state index >= 15 is 0 Å². The Hall–Kier alpha value is -3.06. The smallest absolute Gasteiger partial charge is 0.319 e. The molecule has 0 aromatic heterocycles. The number of para-hydroxylation sites is 2. The second-order valence-corrected chi connectivity index (χ2v) is 6.20. The van der Waals surface area contributed by atoms with Crippen molar-refractivity contribution in [2.75, 3.05) is 24.4 Å². The van der Waals surface area contributed by atoms with Crippen molar-refractivity contribution >= 4 is 23.3 Å². The highest BCUT2D eigenvalue weighted by Gasteiger charge is 2.23. The maximum absolute atomic E-state index is 12.1. The summed E-state index contributed by atoms with van der Waals surface area (Å²) in [6.07, 6.45) is 1.28. The van der Waals surface area contributed by atoms with Crippen LogP contribution in [0.2, 0.25) is 0 Å². The molecular weight excluding hydrogens is 346 g/mol. The molecule has 1 unspecified atom stereocenters. The van der Waals surface area contributed by atoms with Gasteiger partial charge in [0.1, 0.15) is 11.9 Å². The number of anilines is 2. The Balaban J connectivity index is 1.53. The molecule has 1 aliphatic heterocycles. The summed E-state index contributed by atoms with van der Waals surface area (Å²) in [5.74, 6) is 0.456. The normalized spacial score (nSPS) is 15.8. The molecule has 7 heteroatoms. The van der Waals surface area contributed by atoms with Gasteiger partial charge in [-0.2, -0.15) is 0 Å². The maximum Gasteiger partial charge on any atom is 0.319 e. The molecule has 0 aliphatic carbocycles. The lowest BCUT2D eigenvalue weighted by molar-refractivity contribution is -0.124. The van der Waals surface area contributed by atoms with Crippen molar-refractivity contribution < 1.29 is 19.1 Å². The number of ether oxygens (including phenoxy) is 2. The molecule has 142 valence electrons. The molecule has 1 heterocycles. The van der Waals surface area contributed by atoms with Gasteiger partial charge >= 0.3 is 6.03 Å².